The summed E-state index contributed by atoms with van der Waals surface area (Å²) in [6, 6.07) is 4.99. The molecule has 1 aliphatic rings. The fourth-order valence-corrected chi connectivity index (χ4v) is 3.03. The van der Waals surface area contributed by atoms with Crippen molar-refractivity contribution in [2.75, 3.05) is 0 Å². The highest BCUT2D eigenvalue weighted by atomic mass is 19.1. The third kappa shape index (κ3) is 2.52. The summed E-state index contributed by atoms with van der Waals surface area (Å²) in [6.45, 7) is 4.23. The molecule has 0 saturated heterocycles. The van der Waals surface area contributed by atoms with Crippen molar-refractivity contribution < 1.29 is 4.39 Å². The zero-order valence-electron chi connectivity index (χ0n) is 10.8. The zero-order valence-corrected chi connectivity index (χ0v) is 10.8. The van der Waals surface area contributed by atoms with Gasteiger partial charge in [0.2, 0.25) is 0 Å². The predicted molar refractivity (Wildman–Crippen MR) is 69.3 cm³/mol. The highest BCUT2D eigenvalue weighted by Gasteiger charge is 2.34. The van der Waals surface area contributed by atoms with Crippen LogP contribution in [-0.4, -0.2) is 0 Å². The summed E-state index contributed by atoms with van der Waals surface area (Å²) >= 11 is 0. The van der Waals surface area contributed by atoms with E-state index in [-0.39, 0.29) is 17.3 Å². The molecule has 1 nitrogen and oxygen atoms in total. The monoisotopic (exact) mass is 235 g/mol. The molecule has 0 spiro atoms. The van der Waals surface area contributed by atoms with Gasteiger partial charge in [-0.1, -0.05) is 32.3 Å². The van der Waals surface area contributed by atoms with E-state index >= 15 is 0 Å². The first-order chi connectivity index (χ1) is 8.03. The van der Waals surface area contributed by atoms with Crippen LogP contribution in [0.25, 0.3) is 0 Å². The van der Waals surface area contributed by atoms with Crippen LogP contribution in [0.4, 0.5) is 4.39 Å². The third-order valence-electron chi connectivity index (χ3n) is 4.31. The molecule has 1 aromatic carbocycles. The van der Waals surface area contributed by atoms with Crippen molar-refractivity contribution in [3.63, 3.8) is 0 Å². The molecule has 1 aliphatic carbocycles. The summed E-state index contributed by atoms with van der Waals surface area (Å²) in [4.78, 5) is 0. The number of rotatable bonds is 2. The molecule has 0 heterocycles. The Kier molecular flexibility index (Phi) is 3.53. The van der Waals surface area contributed by atoms with Crippen LogP contribution in [0.2, 0.25) is 0 Å². The van der Waals surface area contributed by atoms with Crippen LogP contribution in [0.1, 0.15) is 56.2 Å². The molecule has 1 aromatic rings. The van der Waals surface area contributed by atoms with E-state index < -0.39 is 0 Å². The van der Waals surface area contributed by atoms with E-state index in [9.17, 15) is 4.39 Å². The molecule has 0 amide bonds. The van der Waals surface area contributed by atoms with Crippen LogP contribution in [0.3, 0.4) is 0 Å². The smallest absolute Gasteiger partial charge is 0.123 e. The Morgan fingerprint density at radius 2 is 1.88 bits per heavy atom. The van der Waals surface area contributed by atoms with Gasteiger partial charge in [-0.25, -0.2) is 4.39 Å². The number of benzene rings is 1. The number of nitrogens with two attached hydrogens (primary N) is 1. The van der Waals surface area contributed by atoms with Gasteiger partial charge in [-0.2, -0.15) is 0 Å². The highest BCUT2D eigenvalue weighted by Crippen LogP contribution is 2.44. The summed E-state index contributed by atoms with van der Waals surface area (Å²) in [6.07, 6.45) is 6.23. The SMILES string of the molecule is Cc1cc(F)ccc1C(N)C1(C)CCCCC1. The van der Waals surface area contributed by atoms with Crippen LogP contribution >= 0.6 is 0 Å². The van der Waals surface area contributed by atoms with E-state index in [0.29, 0.717) is 0 Å². The maximum absolute atomic E-state index is 13.1. The molecule has 1 unspecified atom stereocenters. The lowest BCUT2D eigenvalue weighted by atomic mass is 9.68. The molecule has 0 bridgehead atoms. The minimum absolute atomic E-state index is 0.0309. The van der Waals surface area contributed by atoms with Gasteiger partial charge in [-0.15, -0.1) is 0 Å². The maximum atomic E-state index is 13.1. The molecule has 1 fully saturated rings. The average Bonchev–Trinajstić information content (AvgIpc) is 2.29. The third-order valence-corrected chi connectivity index (χ3v) is 4.31. The van der Waals surface area contributed by atoms with E-state index in [4.69, 9.17) is 5.73 Å². The largest absolute Gasteiger partial charge is 0.323 e. The van der Waals surface area contributed by atoms with Gasteiger partial charge in [0.1, 0.15) is 5.82 Å². The summed E-state index contributed by atoms with van der Waals surface area (Å²) < 4.78 is 13.1. The molecule has 17 heavy (non-hydrogen) atoms. The van der Waals surface area contributed by atoms with E-state index in [1.807, 2.05) is 13.0 Å². The van der Waals surface area contributed by atoms with Gasteiger partial charge in [-0.05, 0) is 48.4 Å². The van der Waals surface area contributed by atoms with Crippen molar-refractivity contribution in [2.24, 2.45) is 11.1 Å². The Morgan fingerprint density at radius 3 is 2.47 bits per heavy atom. The number of halogens is 1. The summed E-state index contributed by atoms with van der Waals surface area (Å²) in [7, 11) is 0. The normalized spacial score (nSPS) is 21.2. The molecule has 0 radical (unpaired) electrons. The van der Waals surface area contributed by atoms with Crippen LogP contribution in [-0.2, 0) is 0 Å². The van der Waals surface area contributed by atoms with Gasteiger partial charge in [-0.3, -0.25) is 0 Å². The second-order valence-electron chi connectivity index (χ2n) is 5.69. The van der Waals surface area contributed by atoms with E-state index in [2.05, 4.69) is 6.92 Å². The standard InChI is InChI=1S/C15H22FN/c1-11-10-12(16)6-7-13(11)14(17)15(2)8-4-3-5-9-15/h6-7,10,14H,3-5,8-9,17H2,1-2H3. The van der Waals surface area contributed by atoms with Gasteiger partial charge in [0.15, 0.2) is 0 Å². The molecule has 0 aromatic heterocycles. The molecule has 94 valence electrons. The van der Waals surface area contributed by atoms with Gasteiger partial charge >= 0.3 is 0 Å². The molecule has 0 aliphatic heterocycles. The van der Waals surface area contributed by atoms with Gasteiger partial charge in [0, 0.05) is 6.04 Å². The Balaban J connectivity index is 2.26. The summed E-state index contributed by atoms with van der Waals surface area (Å²) in [5, 5.41) is 0. The highest BCUT2D eigenvalue weighted by molar-refractivity contribution is 5.30. The van der Waals surface area contributed by atoms with Crippen LogP contribution in [0, 0.1) is 18.2 Å². The quantitative estimate of drug-likeness (QED) is 0.820. The minimum atomic E-state index is -0.174. The van der Waals surface area contributed by atoms with E-state index in [1.165, 1.54) is 38.2 Å². The lowest BCUT2D eigenvalue weighted by Gasteiger charge is -2.39. The van der Waals surface area contributed by atoms with Crippen molar-refractivity contribution >= 4 is 0 Å². The molecule has 2 rings (SSSR count). The van der Waals surface area contributed by atoms with Crippen molar-refractivity contribution in [1.29, 1.82) is 0 Å². The van der Waals surface area contributed by atoms with E-state index in [0.717, 1.165) is 11.1 Å². The van der Waals surface area contributed by atoms with Crippen molar-refractivity contribution in [1.82, 2.24) is 0 Å². The van der Waals surface area contributed by atoms with Crippen molar-refractivity contribution in [2.45, 2.75) is 52.0 Å². The number of aryl methyl sites for hydroxylation is 1. The Morgan fingerprint density at radius 1 is 1.24 bits per heavy atom. The fourth-order valence-electron chi connectivity index (χ4n) is 3.03. The van der Waals surface area contributed by atoms with Gasteiger partial charge in [0.25, 0.3) is 0 Å². The maximum Gasteiger partial charge on any atom is 0.123 e. The molecule has 1 atom stereocenters. The lowest BCUT2D eigenvalue weighted by Crippen LogP contribution is -2.34. The summed E-state index contributed by atoms with van der Waals surface area (Å²) in [5.74, 6) is -0.174. The van der Waals surface area contributed by atoms with Gasteiger partial charge in [0.05, 0.1) is 0 Å². The molecule has 1 saturated carbocycles. The number of hydrogen-bond donors (Lipinski definition) is 1. The first-order valence-electron chi connectivity index (χ1n) is 6.54. The molecule has 2 heteroatoms. The first-order valence-corrected chi connectivity index (χ1v) is 6.54. The predicted octanol–water partition coefficient (Wildman–Crippen LogP) is 4.10. The Bertz CT molecular complexity index is 394. The first kappa shape index (κ1) is 12.6. The van der Waals surface area contributed by atoms with E-state index in [1.54, 1.807) is 6.07 Å². The van der Waals surface area contributed by atoms with Gasteiger partial charge < -0.3 is 5.73 Å². The van der Waals surface area contributed by atoms with Crippen LogP contribution in [0.15, 0.2) is 18.2 Å². The van der Waals surface area contributed by atoms with Crippen LogP contribution in [0.5, 0.6) is 0 Å². The molecular formula is C15H22FN. The second-order valence-corrected chi connectivity index (χ2v) is 5.69. The lowest BCUT2D eigenvalue weighted by molar-refractivity contribution is 0.170. The second kappa shape index (κ2) is 4.77. The van der Waals surface area contributed by atoms with Crippen molar-refractivity contribution in [3.05, 3.63) is 35.1 Å². The molecular weight excluding hydrogens is 213 g/mol. The Hall–Kier alpha value is -0.890. The summed E-state index contributed by atoms with van der Waals surface area (Å²) in [5.41, 5.74) is 8.70. The fraction of sp³-hybridized carbons (Fsp3) is 0.600. The number of hydrogen-bond acceptors (Lipinski definition) is 1. The average molecular weight is 235 g/mol. The Labute approximate surface area is 103 Å². The topological polar surface area (TPSA) is 26.0 Å². The minimum Gasteiger partial charge on any atom is -0.323 e. The zero-order chi connectivity index (χ0) is 12.5. The molecule has 2 N–H and O–H groups in total. The van der Waals surface area contributed by atoms with Crippen molar-refractivity contribution in [3.8, 4) is 0 Å². The van der Waals surface area contributed by atoms with Crippen LogP contribution < -0.4 is 5.73 Å².